The quantitative estimate of drug-likeness (QED) is 0.695. The van der Waals surface area contributed by atoms with Crippen LogP contribution in [0.15, 0.2) is 53.4 Å². The Morgan fingerprint density at radius 2 is 1.97 bits per heavy atom. The first-order valence-electron chi connectivity index (χ1n) is 10.0. The molecule has 30 heavy (non-hydrogen) atoms. The molecule has 8 heteroatoms. The van der Waals surface area contributed by atoms with Crippen LogP contribution in [0.2, 0.25) is 5.02 Å². The number of benzene rings is 2. The summed E-state index contributed by atoms with van der Waals surface area (Å²) in [5.74, 6) is 0.242. The van der Waals surface area contributed by atoms with Gasteiger partial charge in [-0.3, -0.25) is 4.79 Å². The third-order valence-electron chi connectivity index (χ3n) is 4.94. The Hall–Kier alpha value is -2.09. The van der Waals surface area contributed by atoms with Gasteiger partial charge in [-0.1, -0.05) is 23.7 Å². The van der Waals surface area contributed by atoms with Crippen molar-refractivity contribution >= 4 is 27.5 Å². The summed E-state index contributed by atoms with van der Waals surface area (Å²) >= 11 is 5.86. The minimum atomic E-state index is -3.65. The van der Waals surface area contributed by atoms with Crippen LogP contribution in [0.25, 0.3) is 0 Å². The number of rotatable bonds is 7. The molecule has 1 amide bonds. The van der Waals surface area contributed by atoms with E-state index in [0.717, 1.165) is 11.3 Å². The van der Waals surface area contributed by atoms with E-state index in [-0.39, 0.29) is 29.4 Å². The van der Waals surface area contributed by atoms with Gasteiger partial charge in [0.15, 0.2) is 0 Å². The monoisotopic (exact) mass is 450 g/mol. The average Bonchev–Trinajstić information content (AvgIpc) is 2.72. The topological polar surface area (TPSA) is 75.7 Å². The number of carbonyl (C=O) groups excluding carboxylic acids is 1. The molecule has 1 N–H and O–H groups in total. The SMILES string of the molecule is CC(C)Oc1cccc(CNC(=O)[C@H]2CCCN(S(=O)(=O)c3ccc(Cl)cc3)C2)c1. The lowest BCUT2D eigenvalue weighted by molar-refractivity contribution is -0.126. The molecule has 2 aromatic carbocycles. The lowest BCUT2D eigenvalue weighted by Gasteiger charge is -2.31. The van der Waals surface area contributed by atoms with Crippen LogP contribution in [0.1, 0.15) is 32.3 Å². The fraction of sp³-hybridized carbons (Fsp3) is 0.409. The molecule has 1 atom stereocenters. The number of carbonyl (C=O) groups is 1. The molecular formula is C22H27ClN2O4S. The molecule has 0 unspecified atom stereocenters. The molecule has 0 saturated carbocycles. The molecule has 1 aliphatic rings. The number of ether oxygens (including phenoxy) is 1. The maximum atomic E-state index is 12.9. The maximum absolute atomic E-state index is 12.9. The van der Waals surface area contributed by atoms with Crippen molar-refractivity contribution in [3.63, 3.8) is 0 Å². The Balaban J connectivity index is 1.61. The highest BCUT2D eigenvalue weighted by Gasteiger charge is 2.33. The summed E-state index contributed by atoms with van der Waals surface area (Å²) in [5.41, 5.74) is 0.933. The molecule has 1 heterocycles. The highest BCUT2D eigenvalue weighted by atomic mass is 35.5. The molecule has 1 aliphatic heterocycles. The zero-order valence-electron chi connectivity index (χ0n) is 17.2. The lowest BCUT2D eigenvalue weighted by atomic mass is 9.99. The summed E-state index contributed by atoms with van der Waals surface area (Å²) in [6.07, 6.45) is 1.38. The van der Waals surface area contributed by atoms with Crippen molar-refractivity contribution in [2.75, 3.05) is 13.1 Å². The normalized spacial score (nSPS) is 17.7. The van der Waals surface area contributed by atoms with Gasteiger partial charge in [-0.05, 0) is 68.7 Å². The minimum Gasteiger partial charge on any atom is -0.491 e. The van der Waals surface area contributed by atoms with Gasteiger partial charge in [0, 0.05) is 24.7 Å². The lowest BCUT2D eigenvalue weighted by Crippen LogP contribution is -2.45. The van der Waals surface area contributed by atoms with Gasteiger partial charge in [0.2, 0.25) is 15.9 Å². The third kappa shape index (κ3) is 5.74. The zero-order chi connectivity index (χ0) is 21.7. The van der Waals surface area contributed by atoms with E-state index in [1.54, 1.807) is 12.1 Å². The molecule has 2 aromatic rings. The zero-order valence-corrected chi connectivity index (χ0v) is 18.7. The number of hydrogen-bond acceptors (Lipinski definition) is 4. The molecule has 6 nitrogen and oxygen atoms in total. The molecule has 0 aromatic heterocycles. The summed E-state index contributed by atoms with van der Waals surface area (Å²) in [7, 11) is -3.65. The summed E-state index contributed by atoms with van der Waals surface area (Å²) in [6, 6.07) is 13.7. The Kier molecular flexibility index (Phi) is 7.39. The van der Waals surface area contributed by atoms with E-state index in [2.05, 4.69) is 5.32 Å². The molecule has 0 spiro atoms. The third-order valence-corrected chi connectivity index (χ3v) is 7.07. The van der Waals surface area contributed by atoms with Gasteiger partial charge >= 0.3 is 0 Å². The van der Waals surface area contributed by atoms with Crippen LogP contribution in [-0.4, -0.2) is 37.8 Å². The van der Waals surface area contributed by atoms with E-state index < -0.39 is 10.0 Å². The summed E-state index contributed by atoms with van der Waals surface area (Å²) in [5, 5.41) is 3.41. The Labute approximate surface area is 183 Å². The smallest absolute Gasteiger partial charge is 0.243 e. The van der Waals surface area contributed by atoms with E-state index in [0.29, 0.717) is 31.0 Å². The van der Waals surface area contributed by atoms with Crippen molar-refractivity contribution in [3.05, 3.63) is 59.1 Å². The minimum absolute atomic E-state index is 0.0747. The van der Waals surface area contributed by atoms with Gasteiger partial charge in [-0.25, -0.2) is 8.42 Å². The molecule has 0 radical (unpaired) electrons. The second-order valence-corrected chi connectivity index (χ2v) is 10.1. The molecular weight excluding hydrogens is 424 g/mol. The number of nitrogens with zero attached hydrogens (tertiary/aromatic N) is 1. The van der Waals surface area contributed by atoms with Crippen LogP contribution in [0.4, 0.5) is 0 Å². The highest BCUT2D eigenvalue weighted by Crippen LogP contribution is 2.25. The Bertz CT molecular complexity index is 977. The maximum Gasteiger partial charge on any atom is 0.243 e. The van der Waals surface area contributed by atoms with Crippen LogP contribution in [-0.2, 0) is 21.4 Å². The molecule has 0 bridgehead atoms. The molecule has 1 fully saturated rings. The van der Waals surface area contributed by atoms with Crippen LogP contribution in [0, 0.1) is 5.92 Å². The predicted molar refractivity (Wildman–Crippen MR) is 117 cm³/mol. The van der Waals surface area contributed by atoms with Crippen LogP contribution in [0.5, 0.6) is 5.75 Å². The first kappa shape index (κ1) is 22.6. The number of hydrogen-bond donors (Lipinski definition) is 1. The molecule has 0 aliphatic carbocycles. The fourth-order valence-electron chi connectivity index (χ4n) is 3.46. The standard InChI is InChI=1S/C22H27ClN2O4S/c1-16(2)29-20-7-3-5-17(13-20)14-24-22(26)18-6-4-12-25(15-18)30(27,28)21-10-8-19(23)9-11-21/h3,5,7-11,13,16,18H,4,6,12,14-15H2,1-2H3,(H,24,26)/t18-/m0/s1. The van der Waals surface area contributed by atoms with Gasteiger partial charge in [-0.2, -0.15) is 4.31 Å². The average molecular weight is 451 g/mol. The van der Waals surface area contributed by atoms with Gasteiger partial charge in [-0.15, -0.1) is 0 Å². The van der Waals surface area contributed by atoms with E-state index in [1.807, 2.05) is 38.1 Å². The van der Waals surface area contributed by atoms with Gasteiger partial charge in [0.05, 0.1) is 16.9 Å². The van der Waals surface area contributed by atoms with E-state index >= 15 is 0 Å². The Morgan fingerprint density at radius 3 is 2.67 bits per heavy atom. The Morgan fingerprint density at radius 1 is 1.23 bits per heavy atom. The second-order valence-electron chi connectivity index (χ2n) is 7.69. The first-order chi connectivity index (χ1) is 14.3. The molecule has 1 saturated heterocycles. The van der Waals surface area contributed by atoms with Crippen molar-refractivity contribution in [3.8, 4) is 5.75 Å². The summed E-state index contributed by atoms with van der Waals surface area (Å²) in [6.45, 7) is 4.87. The van der Waals surface area contributed by atoms with E-state index in [9.17, 15) is 13.2 Å². The summed E-state index contributed by atoms with van der Waals surface area (Å²) in [4.78, 5) is 12.9. The highest BCUT2D eigenvalue weighted by molar-refractivity contribution is 7.89. The van der Waals surface area contributed by atoms with Gasteiger partial charge < -0.3 is 10.1 Å². The number of amides is 1. The number of halogens is 1. The van der Waals surface area contributed by atoms with Crippen LogP contribution < -0.4 is 10.1 Å². The van der Waals surface area contributed by atoms with Gasteiger partial charge in [0.1, 0.15) is 5.75 Å². The van der Waals surface area contributed by atoms with Crippen LogP contribution in [0.3, 0.4) is 0 Å². The van der Waals surface area contributed by atoms with E-state index in [4.69, 9.17) is 16.3 Å². The number of piperidine rings is 1. The first-order valence-corrected chi connectivity index (χ1v) is 11.9. The predicted octanol–water partition coefficient (Wildman–Crippen LogP) is 3.84. The van der Waals surface area contributed by atoms with Crippen molar-refractivity contribution in [2.24, 2.45) is 5.92 Å². The molecule has 3 rings (SSSR count). The van der Waals surface area contributed by atoms with Crippen molar-refractivity contribution in [1.29, 1.82) is 0 Å². The van der Waals surface area contributed by atoms with Crippen molar-refractivity contribution in [1.82, 2.24) is 9.62 Å². The van der Waals surface area contributed by atoms with Crippen molar-refractivity contribution in [2.45, 2.75) is 44.2 Å². The number of sulfonamides is 1. The summed E-state index contributed by atoms with van der Waals surface area (Å²) < 4.78 is 32.9. The van der Waals surface area contributed by atoms with Gasteiger partial charge in [0.25, 0.3) is 0 Å². The number of nitrogens with one attached hydrogen (secondary N) is 1. The largest absolute Gasteiger partial charge is 0.491 e. The molecule has 162 valence electrons. The van der Waals surface area contributed by atoms with Crippen LogP contribution >= 0.6 is 11.6 Å². The van der Waals surface area contributed by atoms with E-state index in [1.165, 1.54) is 16.4 Å². The fourth-order valence-corrected chi connectivity index (χ4v) is 5.11. The second kappa shape index (κ2) is 9.81. The van der Waals surface area contributed by atoms with Crippen molar-refractivity contribution < 1.29 is 17.9 Å².